The Morgan fingerprint density at radius 2 is 2.35 bits per heavy atom. The minimum atomic E-state index is -0.272. The predicted octanol–water partition coefficient (Wildman–Crippen LogP) is 1.65. The Morgan fingerprint density at radius 1 is 1.60 bits per heavy atom. The number of carbonyl (C=O) groups is 2. The zero-order chi connectivity index (χ0) is 15.0. The van der Waals surface area contributed by atoms with Crippen molar-refractivity contribution in [3.05, 3.63) is 23.7 Å². The van der Waals surface area contributed by atoms with Crippen molar-refractivity contribution in [1.82, 2.24) is 9.88 Å². The lowest BCUT2D eigenvalue weighted by molar-refractivity contribution is -0.144. The number of esters is 1. The number of anilines is 1. The molecule has 1 aromatic heterocycles. The molecule has 1 N–H and O–H groups in total. The monoisotopic (exact) mass is 297 g/mol. The van der Waals surface area contributed by atoms with Crippen LogP contribution in [0.3, 0.4) is 0 Å². The topological polar surface area (TPSA) is 71.5 Å². The molecule has 0 aliphatic rings. The van der Waals surface area contributed by atoms with E-state index in [0.29, 0.717) is 24.8 Å². The van der Waals surface area contributed by atoms with Crippen molar-refractivity contribution < 1.29 is 14.3 Å². The van der Waals surface area contributed by atoms with Gasteiger partial charge in [-0.25, -0.2) is 4.98 Å². The highest BCUT2D eigenvalue weighted by atomic mass is 32.1. The summed E-state index contributed by atoms with van der Waals surface area (Å²) >= 11 is 1.36. The SMILES string of the molecule is C=CCN(CC(=O)OCC)Cc1csc(NC(C)=O)n1. The number of ether oxygens (including phenoxy) is 1. The number of hydrogen-bond donors (Lipinski definition) is 1. The second kappa shape index (κ2) is 8.44. The summed E-state index contributed by atoms with van der Waals surface area (Å²) in [5.74, 6) is -0.424. The molecule has 0 aliphatic carbocycles. The summed E-state index contributed by atoms with van der Waals surface area (Å²) in [7, 11) is 0. The van der Waals surface area contributed by atoms with E-state index in [-0.39, 0.29) is 18.4 Å². The van der Waals surface area contributed by atoms with Gasteiger partial charge in [0.15, 0.2) is 5.13 Å². The maximum absolute atomic E-state index is 11.5. The summed E-state index contributed by atoms with van der Waals surface area (Å²) in [5.41, 5.74) is 0.796. The molecule has 7 heteroatoms. The van der Waals surface area contributed by atoms with Gasteiger partial charge in [-0.1, -0.05) is 6.08 Å². The highest BCUT2D eigenvalue weighted by molar-refractivity contribution is 7.13. The van der Waals surface area contributed by atoms with Gasteiger partial charge >= 0.3 is 5.97 Å². The molecule has 1 heterocycles. The fourth-order valence-electron chi connectivity index (χ4n) is 1.57. The Hall–Kier alpha value is -1.73. The lowest BCUT2D eigenvalue weighted by atomic mass is 10.4. The zero-order valence-corrected chi connectivity index (χ0v) is 12.5. The first-order valence-corrected chi connectivity index (χ1v) is 7.14. The molecule has 6 nitrogen and oxygen atoms in total. The maximum atomic E-state index is 11.5. The number of nitrogens with one attached hydrogen (secondary N) is 1. The third kappa shape index (κ3) is 5.94. The maximum Gasteiger partial charge on any atom is 0.320 e. The van der Waals surface area contributed by atoms with Crippen LogP contribution in [-0.2, 0) is 20.9 Å². The Bertz CT molecular complexity index is 473. The average molecular weight is 297 g/mol. The van der Waals surface area contributed by atoms with Gasteiger partial charge in [0, 0.05) is 25.4 Å². The smallest absolute Gasteiger partial charge is 0.320 e. The van der Waals surface area contributed by atoms with Crippen molar-refractivity contribution in [2.24, 2.45) is 0 Å². The average Bonchev–Trinajstić information content (AvgIpc) is 2.76. The van der Waals surface area contributed by atoms with E-state index >= 15 is 0 Å². The number of carbonyl (C=O) groups excluding carboxylic acids is 2. The summed E-state index contributed by atoms with van der Waals surface area (Å²) < 4.78 is 4.92. The van der Waals surface area contributed by atoms with Crippen molar-refractivity contribution in [3.8, 4) is 0 Å². The van der Waals surface area contributed by atoms with Gasteiger partial charge in [-0.15, -0.1) is 17.9 Å². The minimum Gasteiger partial charge on any atom is -0.465 e. The van der Waals surface area contributed by atoms with Crippen LogP contribution in [0.1, 0.15) is 19.5 Å². The Balaban J connectivity index is 2.60. The molecular weight excluding hydrogens is 278 g/mol. The van der Waals surface area contributed by atoms with E-state index in [1.54, 1.807) is 13.0 Å². The summed E-state index contributed by atoms with van der Waals surface area (Å²) in [4.78, 5) is 28.6. The molecule has 0 aromatic carbocycles. The molecule has 0 bridgehead atoms. The molecule has 0 saturated carbocycles. The van der Waals surface area contributed by atoms with Crippen molar-refractivity contribution in [2.45, 2.75) is 20.4 Å². The third-order valence-corrected chi connectivity index (χ3v) is 3.07. The molecule has 110 valence electrons. The van der Waals surface area contributed by atoms with Crippen molar-refractivity contribution >= 4 is 28.3 Å². The molecule has 0 atom stereocenters. The summed E-state index contributed by atoms with van der Waals surface area (Å²) in [6.07, 6.45) is 1.72. The molecule has 1 amide bonds. The second-order valence-corrected chi connectivity index (χ2v) is 4.95. The van der Waals surface area contributed by atoms with Gasteiger partial charge in [-0.2, -0.15) is 0 Å². The first-order chi connectivity index (χ1) is 9.55. The third-order valence-electron chi connectivity index (χ3n) is 2.27. The van der Waals surface area contributed by atoms with Crippen LogP contribution >= 0.6 is 11.3 Å². The van der Waals surface area contributed by atoms with E-state index in [4.69, 9.17) is 4.74 Å². The van der Waals surface area contributed by atoms with Gasteiger partial charge in [0.2, 0.25) is 5.91 Å². The molecule has 20 heavy (non-hydrogen) atoms. The fourth-order valence-corrected chi connectivity index (χ4v) is 2.32. The summed E-state index contributed by atoms with van der Waals surface area (Å²) in [6, 6.07) is 0. The van der Waals surface area contributed by atoms with E-state index < -0.39 is 0 Å². The summed E-state index contributed by atoms with van der Waals surface area (Å²) in [6.45, 7) is 8.50. The van der Waals surface area contributed by atoms with Gasteiger partial charge in [0.25, 0.3) is 0 Å². The van der Waals surface area contributed by atoms with Crippen LogP contribution in [0, 0.1) is 0 Å². The van der Waals surface area contributed by atoms with Crippen LogP contribution in [0.25, 0.3) is 0 Å². The Morgan fingerprint density at radius 3 is 2.95 bits per heavy atom. The van der Waals surface area contributed by atoms with Crippen molar-refractivity contribution in [2.75, 3.05) is 25.0 Å². The minimum absolute atomic E-state index is 0.152. The first-order valence-electron chi connectivity index (χ1n) is 6.26. The zero-order valence-electron chi connectivity index (χ0n) is 11.7. The molecule has 0 aliphatic heterocycles. The van der Waals surface area contributed by atoms with Crippen LogP contribution in [0.15, 0.2) is 18.0 Å². The van der Waals surface area contributed by atoms with Crippen molar-refractivity contribution in [3.63, 3.8) is 0 Å². The molecule has 0 fully saturated rings. The molecular formula is C13H19N3O3S. The number of aromatic nitrogens is 1. The number of hydrogen-bond acceptors (Lipinski definition) is 6. The van der Waals surface area contributed by atoms with E-state index in [9.17, 15) is 9.59 Å². The lowest BCUT2D eigenvalue weighted by Gasteiger charge is -2.18. The van der Waals surface area contributed by atoms with Gasteiger partial charge in [-0.05, 0) is 6.92 Å². The second-order valence-electron chi connectivity index (χ2n) is 4.09. The van der Waals surface area contributed by atoms with Gasteiger partial charge in [-0.3, -0.25) is 14.5 Å². The quantitative estimate of drug-likeness (QED) is 0.583. The largest absolute Gasteiger partial charge is 0.465 e. The predicted molar refractivity (Wildman–Crippen MR) is 78.5 cm³/mol. The Kier molecular flexibility index (Phi) is 6.89. The molecule has 1 rings (SSSR count). The van der Waals surface area contributed by atoms with Crippen LogP contribution in [0.2, 0.25) is 0 Å². The first kappa shape index (κ1) is 16.3. The van der Waals surface area contributed by atoms with Crippen LogP contribution in [0.5, 0.6) is 0 Å². The van der Waals surface area contributed by atoms with Crippen LogP contribution < -0.4 is 5.32 Å². The van der Waals surface area contributed by atoms with Gasteiger partial charge < -0.3 is 10.1 Å². The van der Waals surface area contributed by atoms with Gasteiger partial charge in [0.1, 0.15) is 0 Å². The van der Waals surface area contributed by atoms with Gasteiger partial charge in [0.05, 0.1) is 18.8 Å². The van der Waals surface area contributed by atoms with Crippen molar-refractivity contribution in [1.29, 1.82) is 0 Å². The van der Waals surface area contributed by atoms with Crippen LogP contribution in [-0.4, -0.2) is 41.5 Å². The van der Waals surface area contributed by atoms with E-state index in [1.807, 2.05) is 10.3 Å². The number of thiazole rings is 1. The molecule has 0 radical (unpaired) electrons. The molecule has 0 saturated heterocycles. The molecule has 1 aromatic rings. The number of amides is 1. The lowest BCUT2D eigenvalue weighted by Crippen LogP contribution is -2.31. The van der Waals surface area contributed by atoms with E-state index in [0.717, 1.165) is 5.69 Å². The van der Waals surface area contributed by atoms with E-state index in [2.05, 4.69) is 16.9 Å². The van der Waals surface area contributed by atoms with Crippen LogP contribution in [0.4, 0.5) is 5.13 Å². The highest BCUT2D eigenvalue weighted by Crippen LogP contribution is 2.16. The number of nitrogens with zero attached hydrogens (tertiary/aromatic N) is 2. The number of rotatable bonds is 8. The van der Waals surface area contributed by atoms with E-state index in [1.165, 1.54) is 18.3 Å². The molecule has 0 unspecified atom stereocenters. The summed E-state index contributed by atoms with van der Waals surface area (Å²) in [5, 5.41) is 5.04. The fraction of sp³-hybridized carbons (Fsp3) is 0.462. The normalized spacial score (nSPS) is 10.3. The highest BCUT2D eigenvalue weighted by Gasteiger charge is 2.13. The standard InChI is InChI=1S/C13H19N3O3S/c1-4-6-16(8-12(18)19-5-2)7-11-9-20-13(15-11)14-10(3)17/h4,9H,1,5-8H2,2-3H3,(H,14,15,17). The Labute approximate surface area is 122 Å². The molecule has 0 spiro atoms.